The molecule has 1 aromatic carbocycles. The molecule has 10 heteroatoms. The van der Waals surface area contributed by atoms with Crippen LogP contribution in [0, 0.1) is 0 Å². The van der Waals surface area contributed by atoms with Gasteiger partial charge in [0.05, 0.1) is 18.5 Å². The first-order valence-corrected chi connectivity index (χ1v) is 15.7. The molecule has 0 saturated carbocycles. The summed E-state index contributed by atoms with van der Waals surface area (Å²) in [6.45, 7) is 10.3. The lowest BCUT2D eigenvalue weighted by atomic mass is 10.0. The molecule has 42 heavy (non-hydrogen) atoms. The van der Waals surface area contributed by atoms with Crippen molar-refractivity contribution in [1.82, 2.24) is 24.8 Å². The molecule has 3 saturated heterocycles. The average Bonchev–Trinajstić information content (AvgIpc) is 3.04. The van der Waals surface area contributed by atoms with Crippen molar-refractivity contribution < 1.29 is 9.47 Å². The summed E-state index contributed by atoms with van der Waals surface area (Å²) in [5.74, 6) is 2.47. The van der Waals surface area contributed by atoms with Gasteiger partial charge in [0.1, 0.15) is 22.6 Å². The molecule has 5 heterocycles. The zero-order chi connectivity index (χ0) is 29.1. The van der Waals surface area contributed by atoms with Crippen LogP contribution in [0.4, 0.5) is 17.3 Å². The molecule has 0 spiro atoms. The average molecular weight is 575 g/mol. The van der Waals surface area contributed by atoms with Crippen molar-refractivity contribution in [3.8, 4) is 16.9 Å². The predicted octanol–water partition coefficient (Wildman–Crippen LogP) is 4.11. The molecule has 2 N–H and O–H groups in total. The van der Waals surface area contributed by atoms with E-state index >= 15 is 0 Å². The van der Waals surface area contributed by atoms with E-state index in [9.17, 15) is 0 Å². The molecule has 0 radical (unpaired) electrons. The van der Waals surface area contributed by atoms with Crippen LogP contribution in [-0.2, 0) is 11.2 Å². The van der Waals surface area contributed by atoms with Crippen LogP contribution in [-0.4, -0.2) is 111 Å². The van der Waals surface area contributed by atoms with Gasteiger partial charge in [0, 0.05) is 70.3 Å². The number of likely N-dealkylation sites (tertiary alicyclic amines) is 1. The Balaban J connectivity index is 1.28. The van der Waals surface area contributed by atoms with Crippen LogP contribution >= 0.6 is 0 Å². The number of benzene rings is 1. The van der Waals surface area contributed by atoms with E-state index in [0.717, 1.165) is 110 Å². The van der Waals surface area contributed by atoms with Crippen LogP contribution in [0.3, 0.4) is 0 Å². The zero-order valence-corrected chi connectivity index (χ0v) is 25.7. The highest BCUT2D eigenvalue weighted by Gasteiger charge is 2.28. The van der Waals surface area contributed by atoms with Crippen molar-refractivity contribution in [1.29, 1.82) is 0 Å². The summed E-state index contributed by atoms with van der Waals surface area (Å²) in [6.07, 6.45) is 7.18. The lowest BCUT2D eigenvalue weighted by Crippen LogP contribution is -2.53. The number of piperazine rings is 1. The number of anilines is 3. The normalized spacial score (nSPS) is 19.8. The standard InChI is InChI=1S/C32H46N8O2/c1-5-26-31(35-23-10-18-42-19-11-23)37-29-25(21-34-32(33-2)30(29)36-26)22-6-7-27(28(20-22)41-4)40-16-14-39(15-17-40)24-8-12-38(3)13-9-24/h6-7,20-21,23-24H,5,8-19H2,1-4H3,(H,33,34)(H,35,37). The fourth-order valence-electron chi connectivity index (χ4n) is 6.66. The fourth-order valence-corrected chi connectivity index (χ4v) is 6.66. The Hall–Kier alpha value is -3.21. The highest BCUT2D eigenvalue weighted by Crippen LogP contribution is 2.37. The minimum absolute atomic E-state index is 0.337. The zero-order valence-electron chi connectivity index (χ0n) is 25.7. The highest BCUT2D eigenvalue weighted by molar-refractivity contribution is 5.98. The first-order valence-electron chi connectivity index (χ1n) is 15.7. The van der Waals surface area contributed by atoms with Crippen LogP contribution in [0.15, 0.2) is 24.4 Å². The molecule has 2 aromatic heterocycles. The summed E-state index contributed by atoms with van der Waals surface area (Å²) < 4.78 is 11.6. The van der Waals surface area contributed by atoms with Gasteiger partial charge in [-0.25, -0.2) is 15.0 Å². The number of nitrogens with zero attached hydrogens (tertiary/aromatic N) is 6. The molecule has 0 bridgehead atoms. The van der Waals surface area contributed by atoms with E-state index in [4.69, 9.17) is 24.4 Å². The molecule has 3 fully saturated rings. The Bertz CT molecular complexity index is 1360. The number of hydrogen-bond acceptors (Lipinski definition) is 10. The molecule has 10 nitrogen and oxygen atoms in total. The van der Waals surface area contributed by atoms with Crippen LogP contribution in [0.5, 0.6) is 5.75 Å². The lowest BCUT2D eigenvalue weighted by molar-refractivity contribution is 0.0903. The Morgan fingerprint density at radius 3 is 2.40 bits per heavy atom. The van der Waals surface area contributed by atoms with Gasteiger partial charge in [0.15, 0.2) is 5.82 Å². The van der Waals surface area contributed by atoms with E-state index < -0.39 is 0 Å². The van der Waals surface area contributed by atoms with Crippen LogP contribution in [0.25, 0.3) is 22.2 Å². The number of ether oxygens (including phenoxy) is 2. The third-order valence-electron chi connectivity index (χ3n) is 9.25. The topological polar surface area (TPSA) is 90.9 Å². The van der Waals surface area contributed by atoms with Crippen molar-refractivity contribution >= 4 is 28.4 Å². The molecule has 3 aliphatic rings. The third-order valence-corrected chi connectivity index (χ3v) is 9.25. The summed E-state index contributed by atoms with van der Waals surface area (Å²) in [4.78, 5) is 22.6. The number of piperidine rings is 1. The van der Waals surface area contributed by atoms with Crippen molar-refractivity contribution in [3.05, 3.63) is 30.1 Å². The van der Waals surface area contributed by atoms with E-state index in [1.807, 2.05) is 13.2 Å². The smallest absolute Gasteiger partial charge is 0.153 e. The van der Waals surface area contributed by atoms with Crippen LogP contribution in [0.1, 0.15) is 38.3 Å². The molecule has 0 atom stereocenters. The van der Waals surface area contributed by atoms with E-state index in [0.29, 0.717) is 12.1 Å². The van der Waals surface area contributed by atoms with Crippen molar-refractivity contribution in [2.24, 2.45) is 0 Å². The summed E-state index contributed by atoms with van der Waals surface area (Å²) in [5.41, 5.74) is 5.70. The molecule has 0 amide bonds. The van der Waals surface area contributed by atoms with Crippen molar-refractivity contribution in [2.45, 2.75) is 51.1 Å². The maximum atomic E-state index is 5.98. The van der Waals surface area contributed by atoms with Crippen LogP contribution < -0.4 is 20.3 Å². The van der Waals surface area contributed by atoms with E-state index in [1.54, 1.807) is 7.11 Å². The quantitative estimate of drug-likeness (QED) is 0.410. The van der Waals surface area contributed by atoms with Crippen molar-refractivity contribution in [3.63, 3.8) is 0 Å². The van der Waals surface area contributed by atoms with Crippen molar-refractivity contribution in [2.75, 3.05) is 89.2 Å². The van der Waals surface area contributed by atoms with Gasteiger partial charge in [-0.2, -0.15) is 0 Å². The highest BCUT2D eigenvalue weighted by atomic mass is 16.5. The first kappa shape index (κ1) is 28.9. The third kappa shape index (κ3) is 5.98. The number of aryl methyl sites for hydroxylation is 1. The minimum atomic E-state index is 0.337. The van der Waals surface area contributed by atoms with Gasteiger partial charge in [-0.05, 0) is 69.9 Å². The molecule has 0 unspecified atom stereocenters. The van der Waals surface area contributed by atoms with Gasteiger partial charge < -0.3 is 29.9 Å². The molecular weight excluding hydrogens is 528 g/mol. The summed E-state index contributed by atoms with van der Waals surface area (Å²) >= 11 is 0. The Morgan fingerprint density at radius 1 is 0.952 bits per heavy atom. The second-order valence-electron chi connectivity index (χ2n) is 11.8. The number of nitrogens with one attached hydrogen (secondary N) is 2. The second-order valence-corrected chi connectivity index (χ2v) is 11.8. The summed E-state index contributed by atoms with van der Waals surface area (Å²) in [5, 5.41) is 6.90. The molecule has 0 aliphatic carbocycles. The SMILES string of the molecule is CCc1nc2c(NC)ncc(-c3ccc(N4CCN(C5CCN(C)CC5)CC4)c(OC)c3)c2nc1NC1CCOCC1. The summed E-state index contributed by atoms with van der Waals surface area (Å²) in [6, 6.07) is 7.57. The number of pyridine rings is 1. The van der Waals surface area contributed by atoms with Gasteiger partial charge in [-0.15, -0.1) is 0 Å². The first-order chi connectivity index (χ1) is 20.6. The lowest BCUT2D eigenvalue weighted by Gasteiger charge is -2.43. The number of fused-ring (bicyclic) bond motifs is 1. The second kappa shape index (κ2) is 13.0. The Labute approximate surface area is 249 Å². The fraction of sp³-hybridized carbons (Fsp3) is 0.594. The van der Waals surface area contributed by atoms with Gasteiger partial charge in [-0.3, -0.25) is 4.90 Å². The predicted molar refractivity (Wildman–Crippen MR) is 170 cm³/mol. The molecule has 3 aliphatic heterocycles. The molecule has 226 valence electrons. The number of methoxy groups -OCH3 is 1. The molecular formula is C32H46N8O2. The number of hydrogen-bond donors (Lipinski definition) is 2. The van der Waals surface area contributed by atoms with Gasteiger partial charge in [-0.1, -0.05) is 13.0 Å². The van der Waals surface area contributed by atoms with E-state index in [2.05, 4.69) is 57.5 Å². The maximum absolute atomic E-state index is 5.98. The molecule has 3 aromatic rings. The van der Waals surface area contributed by atoms with E-state index in [1.165, 1.54) is 25.9 Å². The number of aromatic nitrogens is 3. The minimum Gasteiger partial charge on any atom is -0.495 e. The van der Waals surface area contributed by atoms with Crippen LogP contribution in [0.2, 0.25) is 0 Å². The number of rotatable bonds is 8. The monoisotopic (exact) mass is 574 g/mol. The summed E-state index contributed by atoms with van der Waals surface area (Å²) in [7, 11) is 5.88. The largest absolute Gasteiger partial charge is 0.495 e. The maximum Gasteiger partial charge on any atom is 0.153 e. The van der Waals surface area contributed by atoms with Gasteiger partial charge in [0.25, 0.3) is 0 Å². The van der Waals surface area contributed by atoms with E-state index in [-0.39, 0.29) is 0 Å². The van der Waals surface area contributed by atoms with Gasteiger partial charge in [0.2, 0.25) is 0 Å². The molecule has 6 rings (SSSR count). The Morgan fingerprint density at radius 2 is 1.71 bits per heavy atom. The van der Waals surface area contributed by atoms with Gasteiger partial charge >= 0.3 is 0 Å². The Kier molecular flexibility index (Phi) is 8.92.